The number of anilines is 1. The van der Waals surface area contributed by atoms with Crippen LogP contribution >= 0.6 is 23.2 Å². The molecule has 0 aromatic heterocycles. The first kappa shape index (κ1) is 25.9. The van der Waals surface area contributed by atoms with E-state index in [-0.39, 0.29) is 18.7 Å². The Morgan fingerprint density at radius 2 is 1.66 bits per heavy atom. The van der Waals surface area contributed by atoms with Crippen LogP contribution in [-0.2, 0) is 26.2 Å². The summed E-state index contributed by atoms with van der Waals surface area (Å²) in [5.74, 6) is -1.61. The first-order valence-corrected chi connectivity index (χ1v) is 12.3. The Kier molecular flexibility index (Phi) is 8.89. The number of nitrogens with zero attached hydrogens (tertiary/aromatic N) is 2. The summed E-state index contributed by atoms with van der Waals surface area (Å²) in [5.41, 5.74) is 0.546. The molecule has 2 aromatic carbocycles. The summed E-state index contributed by atoms with van der Waals surface area (Å²) in [5, 5.41) is 3.13. The van der Waals surface area contributed by atoms with Crippen molar-refractivity contribution in [3.8, 4) is 0 Å². The lowest BCUT2D eigenvalue weighted by Crippen LogP contribution is -2.51. The van der Waals surface area contributed by atoms with Gasteiger partial charge in [-0.15, -0.1) is 0 Å². The Morgan fingerprint density at radius 3 is 2.12 bits per heavy atom. The predicted octanol–water partition coefficient (Wildman–Crippen LogP) is 3.45. The monoisotopic (exact) mass is 503 g/mol. The molecule has 0 heterocycles. The molecular formula is C21H24Cl2FN3O4S. The van der Waals surface area contributed by atoms with Crippen molar-refractivity contribution in [3.63, 3.8) is 0 Å². The van der Waals surface area contributed by atoms with Gasteiger partial charge in [0.1, 0.15) is 18.4 Å². The van der Waals surface area contributed by atoms with E-state index in [9.17, 15) is 22.4 Å². The van der Waals surface area contributed by atoms with Gasteiger partial charge in [0.15, 0.2) is 0 Å². The molecule has 7 nitrogen and oxygen atoms in total. The molecule has 1 atom stereocenters. The molecule has 11 heteroatoms. The van der Waals surface area contributed by atoms with Crippen LogP contribution in [-0.4, -0.2) is 51.0 Å². The molecular weight excluding hydrogens is 480 g/mol. The molecule has 1 unspecified atom stereocenters. The van der Waals surface area contributed by atoms with E-state index in [0.29, 0.717) is 15.6 Å². The second-order valence-corrected chi connectivity index (χ2v) is 9.73. The van der Waals surface area contributed by atoms with Gasteiger partial charge in [-0.1, -0.05) is 36.2 Å². The molecule has 0 saturated heterocycles. The third-order valence-corrected chi connectivity index (χ3v) is 6.67. The van der Waals surface area contributed by atoms with Gasteiger partial charge in [0.05, 0.1) is 11.9 Å². The minimum Gasteiger partial charge on any atom is -0.357 e. The van der Waals surface area contributed by atoms with Gasteiger partial charge in [-0.05, 0) is 42.8 Å². The smallest absolute Gasteiger partial charge is 0.244 e. The number of hydrogen-bond donors (Lipinski definition) is 1. The number of halogens is 3. The van der Waals surface area contributed by atoms with Crippen molar-refractivity contribution in [1.82, 2.24) is 10.2 Å². The molecule has 2 amide bonds. The van der Waals surface area contributed by atoms with E-state index in [1.54, 1.807) is 25.1 Å². The van der Waals surface area contributed by atoms with Gasteiger partial charge in [-0.3, -0.25) is 13.9 Å². The third-order valence-electron chi connectivity index (χ3n) is 4.82. The van der Waals surface area contributed by atoms with Crippen molar-refractivity contribution in [1.29, 1.82) is 0 Å². The fourth-order valence-corrected chi connectivity index (χ4v) is 4.53. The number of carbonyl (C=O) groups excluding carboxylic acids is 2. The van der Waals surface area contributed by atoms with E-state index in [2.05, 4.69) is 5.32 Å². The summed E-state index contributed by atoms with van der Waals surface area (Å²) in [6, 6.07) is 8.67. The van der Waals surface area contributed by atoms with Crippen LogP contribution in [0.5, 0.6) is 0 Å². The number of rotatable bonds is 9. The zero-order chi connectivity index (χ0) is 24.1. The molecule has 0 bridgehead atoms. The first-order chi connectivity index (χ1) is 15.0. The SMILES string of the molecule is CCC(C(=O)NC)N(Cc1c(Cl)cccc1Cl)C(=O)CN(c1ccc(F)cc1)S(C)(=O)=O. The standard InChI is InChI=1S/C21H24Cl2FN3O4S/c1-4-19(21(29)25-2)26(12-16-17(22)6-5-7-18(16)23)20(28)13-27(32(3,30)31)15-10-8-14(24)9-11-15/h5-11,19H,4,12-13H2,1-3H3,(H,25,29). The van der Waals surface area contributed by atoms with E-state index in [1.807, 2.05) is 0 Å². The lowest BCUT2D eigenvalue weighted by atomic mass is 10.1. The van der Waals surface area contributed by atoms with E-state index < -0.39 is 40.2 Å². The van der Waals surface area contributed by atoms with Gasteiger partial charge < -0.3 is 10.2 Å². The van der Waals surface area contributed by atoms with Gasteiger partial charge in [-0.2, -0.15) is 0 Å². The summed E-state index contributed by atoms with van der Waals surface area (Å²) in [6.45, 7) is 1.02. The van der Waals surface area contributed by atoms with Gasteiger partial charge >= 0.3 is 0 Å². The van der Waals surface area contributed by atoms with Gasteiger partial charge in [-0.25, -0.2) is 12.8 Å². The van der Waals surface area contributed by atoms with Crippen molar-refractivity contribution < 1.29 is 22.4 Å². The summed E-state index contributed by atoms with van der Waals surface area (Å²) in [7, 11) is -2.45. The Balaban J connectivity index is 2.47. The van der Waals surface area contributed by atoms with E-state index in [1.165, 1.54) is 24.1 Å². The summed E-state index contributed by atoms with van der Waals surface area (Å²) in [4.78, 5) is 27.1. The van der Waals surface area contributed by atoms with Crippen LogP contribution in [0.15, 0.2) is 42.5 Å². The predicted molar refractivity (Wildman–Crippen MR) is 124 cm³/mol. The minimum absolute atomic E-state index is 0.107. The van der Waals surface area contributed by atoms with Crippen molar-refractivity contribution in [3.05, 3.63) is 63.9 Å². The van der Waals surface area contributed by atoms with Gasteiger partial charge in [0.2, 0.25) is 21.8 Å². The maximum absolute atomic E-state index is 13.4. The highest BCUT2D eigenvalue weighted by Gasteiger charge is 2.32. The van der Waals surface area contributed by atoms with Crippen LogP contribution in [0.3, 0.4) is 0 Å². The molecule has 2 rings (SSSR count). The Bertz CT molecular complexity index is 1060. The topological polar surface area (TPSA) is 86.8 Å². The van der Waals surface area contributed by atoms with E-state index in [4.69, 9.17) is 23.2 Å². The molecule has 2 aromatic rings. The molecule has 0 aliphatic rings. The van der Waals surface area contributed by atoms with E-state index >= 15 is 0 Å². The molecule has 0 spiro atoms. The molecule has 0 aliphatic carbocycles. The van der Waals surface area contributed by atoms with Gasteiger partial charge in [0.25, 0.3) is 0 Å². The van der Waals surface area contributed by atoms with Crippen molar-refractivity contribution in [2.75, 3.05) is 24.2 Å². The summed E-state index contributed by atoms with van der Waals surface area (Å²) < 4.78 is 39.0. The minimum atomic E-state index is -3.90. The van der Waals surface area contributed by atoms with Crippen LogP contribution in [0.1, 0.15) is 18.9 Å². The van der Waals surface area contributed by atoms with Crippen LogP contribution in [0, 0.1) is 5.82 Å². The van der Waals surface area contributed by atoms with Crippen molar-refractivity contribution in [2.24, 2.45) is 0 Å². The second-order valence-electron chi connectivity index (χ2n) is 7.01. The van der Waals surface area contributed by atoms with Crippen LogP contribution in [0.4, 0.5) is 10.1 Å². The Morgan fingerprint density at radius 1 is 1.09 bits per heavy atom. The molecule has 1 N–H and O–H groups in total. The fourth-order valence-electron chi connectivity index (χ4n) is 3.16. The number of hydrogen-bond acceptors (Lipinski definition) is 4. The highest BCUT2D eigenvalue weighted by atomic mass is 35.5. The lowest BCUT2D eigenvalue weighted by molar-refractivity contribution is -0.140. The normalized spacial score (nSPS) is 12.2. The molecule has 0 saturated carbocycles. The largest absolute Gasteiger partial charge is 0.357 e. The zero-order valence-corrected chi connectivity index (χ0v) is 20.1. The number of amides is 2. The zero-order valence-electron chi connectivity index (χ0n) is 17.8. The number of sulfonamides is 1. The fraction of sp³-hybridized carbons (Fsp3) is 0.333. The maximum atomic E-state index is 13.4. The van der Waals surface area contributed by atoms with Crippen LogP contribution in [0.25, 0.3) is 0 Å². The Labute approximate surface area is 197 Å². The molecule has 0 fully saturated rings. The molecule has 174 valence electrons. The lowest BCUT2D eigenvalue weighted by Gasteiger charge is -2.33. The molecule has 0 aliphatic heterocycles. The Hall–Kier alpha value is -2.36. The highest BCUT2D eigenvalue weighted by Crippen LogP contribution is 2.27. The summed E-state index contributed by atoms with van der Waals surface area (Å²) in [6.07, 6.45) is 1.21. The molecule has 32 heavy (non-hydrogen) atoms. The average molecular weight is 504 g/mol. The third kappa shape index (κ3) is 6.34. The first-order valence-electron chi connectivity index (χ1n) is 9.66. The second kappa shape index (κ2) is 11.0. The van der Waals surface area contributed by atoms with Gasteiger partial charge in [0, 0.05) is 29.2 Å². The number of benzene rings is 2. The molecule has 0 radical (unpaired) electrons. The average Bonchev–Trinajstić information content (AvgIpc) is 2.73. The summed E-state index contributed by atoms with van der Waals surface area (Å²) >= 11 is 12.5. The highest BCUT2D eigenvalue weighted by molar-refractivity contribution is 7.92. The van der Waals surface area contributed by atoms with Crippen molar-refractivity contribution in [2.45, 2.75) is 25.9 Å². The van der Waals surface area contributed by atoms with Crippen molar-refractivity contribution >= 4 is 50.7 Å². The number of carbonyl (C=O) groups is 2. The number of likely N-dealkylation sites (N-methyl/N-ethyl adjacent to an activating group) is 1. The van der Waals surface area contributed by atoms with Crippen LogP contribution < -0.4 is 9.62 Å². The van der Waals surface area contributed by atoms with E-state index in [0.717, 1.165) is 22.7 Å². The quantitative estimate of drug-likeness (QED) is 0.567. The number of nitrogens with one attached hydrogen (secondary N) is 1. The maximum Gasteiger partial charge on any atom is 0.244 e. The van der Waals surface area contributed by atoms with Crippen LogP contribution in [0.2, 0.25) is 10.0 Å².